The highest BCUT2D eigenvalue weighted by molar-refractivity contribution is 5.99. The van der Waals surface area contributed by atoms with E-state index in [1.165, 1.54) is 44.8 Å². The van der Waals surface area contributed by atoms with Crippen LogP contribution in [0.3, 0.4) is 0 Å². The highest BCUT2D eigenvalue weighted by atomic mass is 16.5. The molecule has 2 atom stereocenters. The number of hydrogen-bond acceptors (Lipinski definition) is 2. The molecule has 31 heavy (non-hydrogen) atoms. The van der Waals surface area contributed by atoms with Crippen molar-refractivity contribution in [3.05, 3.63) is 94.6 Å². The first-order chi connectivity index (χ1) is 15.3. The second-order valence-electron chi connectivity index (χ2n) is 9.04. The van der Waals surface area contributed by atoms with Crippen LogP contribution in [-0.2, 0) is 0 Å². The molecule has 0 bridgehead atoms. The van der Waals surface area contributed by atoms with Gasteiger partial charge in [0.1, 0.15) is 11.9 Å². The minimum Gasteiger partial charge on any atom is -0.488 e. The minimum atomic E-state index is 0.294. The number of rotatable bonds is 3. The SMILES string of the molecule is N=CC1=CC=C(C2=CC=C(c3cc4c(c5ccccc35)OC3CCC=CC43)CC2)CC1. The lowest BCUT2D eigenvalue weighted by atomic mass is 9.82. The predicted octanol–water partition coefficient (Wildman–Crippen LogP) is 7.43. The van der Waals surface area contributed by atoms with Crippen molar-refractivity contribution in [2.75, 3.05) is 0 Å². The molecule has 0 amide bonds. The van der Waals surface area contributed by atoms with Gasteiger partial charge in [0.25, 0.3) is 0 Å². The Labute approximate surface area is 183 Å². The summed E-state index contributed by atoms with van der Waals surface area (Å²) in [5, 5.41) is 10.0. The zero-order valence-corrected chi connectivity index (χ0v) is 17.7. The molecular formula is C29H27NO. The van der Waals surface area contributed by atoms with Crippen molar-refractivity contribution < 1.29 is 4.74 Å². The molecule has 0 aromatic heterocycles. The molecule has 0 radical (unpaired) electrons. The summed E-state index contributed by atoms with van der Waals surface area (Å²) in [6.07, 6.45) is 21.8. The van der Waals surface area contributed by atoms with E-state index in [9.17, 15) is 0 Å². The normalized spacial score (nSPS) is 24.4. The van der Waals surface area contributed by atoms with E-state index >= 15 is 0 Å². The monoisotopic (exact) mass is 405 g/mol. The summed E-state index contributed by atoms with van der Waals surface area (Å²) in [6, 6.07) is 11.2. The van der Waals surface area contributed by atoms with Gasteiger partial charge < -0.3 is 10.1 Å². The molecule has 154 valence electrons. The van der Waals surface area contributed by atoms with Crippen molar-refractivity contribution in [1.29, 1.82) is 5.41 Å². The largest absolute Gasteiger partial charge is 0.488 e. The molecule has 3 aliphatic carbocycles. The Balaban J connectivity index is 1.42. The van der Waals surface area contributed by atoms with E-state index < -0.39 is 0 Å². The first-order valence-electron chi connectivity index (χ1n) is 11.5. The van der Waals surface area contributed by atoms with Gasteiger partial charge in [0.2, 0.25) is 0 Å². The van der Waals surface area contributed by atoms with Crippen LogP contribution in [0.15, 0.2) is 83.5 Å². The lowest BCUT2D eigenvalue weighted by molar-refractivity contribution is 0.206. The number of ether oxygens (including phenoxy) is 1. The molecule has 1 aliphatic heterocycles. The summed E-state index contributed by atoms with van der Waals surface area (Å²) in [6.45, 7) is 0. The van der Waals surface area contributed by atoms with Crippen molar-refractivity contribution >= 4 is 22.6 Å². The highest BCUT2D eigenvalue weighted by Crippen LogP contribution is 2.49. The van der Waals surface area contributed by atoms with Gasteiger partial charge in [-0.25, -0.2) is 0 Å². The molecule has 2 aromatic carbocycles. The minimum absolute atomic E-state index is 0.294. The van der Waals surface area contributed by atoms with E-state index in [0.717, 1.165) is 49.8 Å². The van der Waals surface area contributed by atoms with Gasteiger partial charge in [-0.1, -0.05) is 60.7 Å². The maximum absolute atomic E-state index is 7.44. The fraction of sp³-hybridized carbons (Fsp3) is 0.276. The maximum atomic E-state index is 7.44. The molecule has 2 nitrogen and oxygen atoms in total. The van der Waals surface area contributed by atoms with Gasteiger partial charge in [0, 0.05) is 23.1 Å². The van der Waals surface area contributed by atoms with Crippen LogP contribution >= 0.6 is 0 Å². The van der Waals surface area contributed by atoms with Crippen LogP contribution < -0.4 is 4.74 Å². The van der Waals surface area contributed by atoms with Gasteiger partial charge in [-0.3, -0.25) is 0 Å². The van der Waals surface area contributed by atoms with Gasteiger partial charge in [-0.2, -0.15) is 0 Å². The Morgan fingerprint density at radius 1 is 0.871 bits per heavy atom. The standard InChI is InChI=1S/C29H27NO/c30-18-19-9-11-20(12-10-19)21-13-15-22(16-14-21)26-17-27-24-6-3-4-8-28(24)31-29(27)25-7-2-1-5-23(25)26/h1-3,5-7,9,11,13,15,17-18,24,28,30H,4,8,10,12,14,16H2. The third-order valence-electron chi connectivity index (χ3n) is 7.29. The third-order valence-corrected chi connectivity index (χ3v) is 7.29. The highest BCUT2D eigenvalue weighted by Gasteiger charge is 2.35. The van der Waals surface area contributed by atoms with Crippen molar-refractivity contribution in [1.82, 2.24) is 0 Å². The number of nitrogens with one attached hydrogen (secondary N) is 1. The summed E-state index contributed by atoms with van der Waals surface area (Å²) in [4.78, 5) is 0. The quantitative estimate of drug-likeness (QED) is 0.418. The molecule has 0 saturated carbocycles. The Morgan fingerprint density at radius 3 is 2.35 bits per heavy atom. The van der Waals surface area contributed by atoms with Crippen LogP contribution in [0.2, 0.25) is 0 Å². The van der Waals surface area contributed by atoms with E-state index in [-0.39, 0.29) is 0 Å². The maximum Gasteiger partial charge on any atom is 0.131 e. The Bertz CT molecular complexity index is 1240. The summed E-state index contributed by atoms with van der Waals surface area (Å²) < 4.78 is 6.47. The van der Waals surface area contributed by atoms with Crippen LogP contribution in [0.4, 0.5) is 0 Å². The lowest BCUT2D eigenvalue weighted by Gasteiger charge is -2.21. The number of fused-ring (bicyclic) bond motifs is 5. The van der Waals surface area contributed by atoms with Crippen LogP contribution in [-0.4, -0.2) is 12.3 Å². The second-order valence-corrected chi connectivity index (χ2v) is 9.04. The van der Waals surface area contributed by atoms with Crippen molar-refractivity contribution in [2.45, 2.75) is 50.5 Å². The molecule has 4 aliphatic rings. The van der Waals surface area contributed by atoms with Crippen LogP contribution in [0, 0.1) is 5.41 Å². The van der Waals surface area contributed by atoms with Crippen LogP contribution in [0.5, 0.6) is 5.75 Å². The summed E-state index contributed by atoms with van der Waals surface area (Å²) >= 11 is 0. The number of hydrogen-bond donors (Lipinski definition) is 1. The zero-order valence-electron chi connectivity index (χ0n) is 17.7. The molecule has 2 unspecified atom stereocenters. The summed E-state index contributed by atoms with van der Waals surface area (Å²) in [5.74, 6) is 1.50. The van der Waals surface area contributed by atoms with E-state index in [0.29, 0.717) is 12.0 Å². The first-order valence-corrected chi connectivity index (χ1v) is 11.5. The van der Waals surface area contributed by atoms with E-state index in [2.05, 4.69) is 66.8 Å². The summed E-state index contributed by atoms with van der Waals surface area (Å²) in [5.41, 5.74) is 8.17. The fourth-order valence-electron chi connectivity index (χ4n) is 5.58. The Kier molecular flexibility index (Phi) is 4.52. The van der Waals surface area contributed by atoms with Crippen molar-refractivity contribution in [2.24, 2.45) is 0 Å². The molecule has 0 fully saturated rings. The fourth-order valence-corrected chi connectivity index (χ4v) is 5.58. The third kappa shape index (κ3) is 3.13. The molecular weight excluding hydrogens is 378 g/mol. The average Bonchev–Trinajstić information content (AvgIpc) is 3.23. The van der Waals surface area contributed by atoms with Crippen molar-refractivity contribution in [3.8, 4) is 5.75 Å². The Hall–Kier alpha value is -3.13. The predicted molar refractivity (Wildman–Crippen MR) is 129 cm³/mol. The van der Waals surface area contributed by atoms with Crippen LogP contribution in [0.1, 0.15) is 55.6 Å². The number of benzene rings is 2. The first kappa shape index (κ1) is 18.6. The molecule has 2 heteroatoms. The van der Waals surface area contributed by atoms with Crippen LogP contribution in [0.25, 0.3) is 16.3 Å². The zero-order chi connectivity index (χ0) is 20.8. The molecule has 0 saturated heterocycles. The van der Waals surface area contributed by atoms with E-state index in [1.807, 2.05) is 0 Å². The topological polar surface area (TPSA) is 33.1 Å². The molecule has 1 heterocycles. The Morgan fingerprint density at radius 2 is 1.61 bits per heavy atom. The second kappa shape index (κ2) is 7.53. The average molecular weight is 406 g/mol. The van der Waals surface area contributed by atoms with E-state index in [1.54, 1.807) is 0 Å². The van der Waals surface area contributed by atoms with Crippen molar-refractivity contribution in [3.63, 3.8) is 0 Å². The molecule has 6 rings (SSSR count). The number of allylic oxidation sites excluding steroid dienone is 9. The van der Waals surface area contributed by atoms with Gasteiger partial charge in [-0.05, 0) is 77.8 Å². The molecule has 2 aromatic rings. The lowest BCUT2D eigenvalue weighted by Crippen LogP contribution is -2.19. The van der Waals surface area contributed by atoms with E-state index in [4.69, 9.17) is 10.1 Å². The molecule has 1 N–H and O–H groups in total. The van der Waals surface area contributed by atoms with Gasteiger partial charge >= 0.3 is 0 Å². The smallest absolute Gasteiger partial charge is 0.131 e. The van der Waals surface area contributed by atoms with Gasteiger partial charge in [0.15, 0.2) is 0 Å². The summed E-state index contributed by atoms with van der Waals surface area (Å²) in [7, 11) is 0. The van der Waals surface area contributed by atoms with Gasteiger partial charge in [0.05, 0.1) is 0 Å². The molecule has 0 spiro atoms. The van der Waals surface area contributed by atoms with Gasteiger partial charge in [-0.15, -0.1) is 0 Å².